The van der Waals surface area contributed by atoms with Crippen molar-refractivity contribution >= 4 is 5.97 Å². The summed E-state index contributed by atoms with van der Waals surface area (Å²) in [5.74, 6) is 0.315. The van der Waals surface area contributed by atoms with Crippen LogP contribution in [0.25, 0.3) is 0 Å². The second-order valence-electron chi connectivity index (χ2n) is 2.47. The summed E-state index contributed by atoms with van der Waals surface area (Å²) >= 11 is 0. The summed E-state index contributed by atoms with van der Waals surface area (Å²) < 4.78 is 4.99. The van der Waals surface area contributed by atoms with Gasteiger partial charge in [-0.2, -0.15) is 0 Å². The van der Waals surface area contributed by atoms with E-state index in [9.17, 15) is 4.79 Å². The molecule has 64 valence electrons. The van der Waals surface area contributed by atoms with Crippen LogP contribution in [0.5, 0.6) is 5.75 Å². The van der Waals surface area contributed by atoms with E-state index in [1.807, 2.05) is 6.92 Å². The van der Waals surface area contributed by atoms with Gasteiger partial charge in [-0.15, -0.1) is 0 Å². The molecule has 1 rings (SSSR count). The Labute approximate surface area is 71.4 Å². The van der Waals surface area contributed by atoms with Crippen LogP contribution in [0.4, 0.5) is 0 Å². The minimum absolute atomic E-state index is 0.230. The minimum atomic E-state index is -0.230. The van der Waals surface area contributed by atoms with Crippen LogP contribution in [0.1, 0.15) is 18.9 Å². The molecule has 0 N–H and O–H groups in total. The van der Waals surface area contributed by atoms with Gasteiger partial charge >= 0.3 is 5.97 Å². The van der Waals surface area contributed by atoms with E-state index in [0.29, 0.717) is 12.2 Å². The molecule has 0 saturated carbocycles. The molecule has 3 heteroatoms. The first-order valence-electron chi connectivity index (χ1n) is 3.85. The van der Waals surface area contributed by atoms with Crippen molar-refractivity contribution in [2.45, 2.75) is 20.3 Å². The molecule has 0 fully saturated rings. The van der Waals surface area contributed by atoms with E-state index in [0.717, 1.165) is 5.56 Å². The lowest BCUT2D eigenvalue weighted by molar-refractivity contribution is -0.134. The molecular formula is C9H11NO2. The summed E-state index contributed by atoms with van der Waals surface area (Å²) in [7, 11) is 0. The van der Waals surface area contributed by atoms with Gasteiger partial charge in [0.15, 0.2) is 5.75 Å². The smallest absolute Gasteiger partial charge is 0.310 e. The molecule has 0 saturated heterocycles. The lowest BCUT2D eigenvalue weighted by Gasteiger charge is -2.03. The molecule has 0 amide bonds. The lowest BCUT2D eigenvalue weighted by Crippen LogP contribution is -2.06. The van der Waals surface area contributed by atoms with Crippen LogP contribution in [0.15, 0.2) is 18.5 Å². The van der Waals surface area contributed by atoms with Crippen LogP contribution >= 0.6 is 0 Å². The Balaban J connectivity index is 2.75. The fraction of sp³-hybridized carbons (Fsp3) is 0.333. The van der Waals surface area contributed by atoms with E-state index < -0.39 is 0 Å². The number of nitrogens with zero attached hydrogens (tertiary/aromatic N) is 1. The van der Waals surface area contributed by atoms with Crippen LogP contribution < -0.4 is 4.74 Å². The number of carbonyl (C=O) groups is 1. The summed E-state index contributed by atoms with van der Waals surface area (Å²) in [6.45, 7) is 3.63. The Bertz CT molecular complexity index is 284. The van der Waals surface area contributed by atoms with Crippen molar-refractivity contribution in [1.82, 2.24) is 4.98 Å². The third kappa shape index (κ3) is 2.05. The summed E-state index contributed by atoms with van der Waals surface area (Å²) in [4.78, 5) is 14.7. The van der Waals surface area contributed by atoms with Crippen molar-refractivity contribution in [3.8, 4) is 5.75 Å². The zero-order valence-corrected chi connectivity index (χ0v) is 7.20. The van der Waals surface area contributed by atoms with Gasteiger partial charge < -0.3 is 4.74 Å². The number of pyridine rings is 1. The number of aryl methyl sites for hydroxylation is 1. The van der Waals surface area contributed by atoms with E-state index in [1.165, 1.54) is 0 Å². The molecule has 0 aromatic carbocycles. The van der Waals surface area contributed by atoms with E-state index >= 15 is 0 Å². The number of carbonyl (C=O) groups excluding carboxylic acids is 1. The van der Waals surface area contributed by atoms with Crippen molar-refractivity contribution < 1.29 is 9.53 Å². The maximum Gasteiger partial charge on any atom is 0.310 e. The maximum absolute atomic E-state index is 10.9. The number of hydrogen-bond donors (Lipinski definition) is 0. The highest BCUT2D eigenvalue weighted by atomic mass is 16.5. The van der Waals surface area contributed by atoms with Crippen LogP contribution in [0, 0.1) is 6.92 Å². The van der Waals surface area contributed by atoms with Gasteiger partial charge in [0.25, 0.3) is 0 Å². The minimum Gasteiger partial charge on any atom is -0.425 e. The molecule has 0 aliphatic carbocycles. The molecule has 0 unspecified atom stereocenters. The SMILES string of the molecule is CCC(=O)Oc1cnccc1C. The Morgan fingerprint density at radius 2 is 2.42 bits per heavy atom. The Morgan fingerprint density at radius 1 is 1.67 bits per heavy atom. The van der Waals surface area contributed by atoms with Crippen molar-refractivity contribution in [2.75, 3.05) is 0 Å². The lowest BCUT2D eigenvalue weighted by atomic mass is 10.3. The van der Waals surface area contributed by atoms with Gasteiger partial charge in [0, 0.05) is 12.6 Å². The van der Waals surface area contributed by atoms with E-state index in [-0.39, 0.29) is 5.97 Å². The third-order valence-electron chi connectivity index (χ3n) is 1.50. The summed E-state index contributed by atoms with van der Waals surface area (Å²) in [6.07, 6.45) is 3.59. The predicted octanol–water partition coefficient (Wildman–Crippen LogP) is 1.71. The molecule has 1 aromatic heterocycles. The van der Waals surface area contributed by atoms with Crippen LogP contribution in [0.2, 0.25) is 0 Å². The largest absolute Gasteiger partial charge is 0.425 e. The molecule has 1 heterocycles. The van der Waals surface area contributed by atoms with Crippen molar-refractivity contribution in [3.63, 3.8) is 0 Å². The van der Waals surface area contributed by atoms with Gasteiger partial charge in [0.1, 0.15) is 0 Å². The van der Waals surface area contributed by atoms with Crippen molar-refractivity contribution in [2.24, 2.45) is 0 Å². The normalized spacial score (nSPS) is 9.50. The maximum atomic E-state index is 10.9. The summed E-state index contributed by atoms with van der Waals surface area (Å²) in [6, 6.07) is 1.80. The first-order valence-corrected chi connectivity index (χ1v) is 3.85. The topological polar surface area (TPSA) is 39.2 Å². The zero-order valence-electron chi connectivity index (χ0n) is 7.20. The van der Waals surface area contributed by atoms with Gasteiger partial charge in [-0.3, -0.25) is 9.78 Å². The molecular weight excluding hydrogens is 154 g/mol. The van der Waals surface area contributed by atoms with E-state index in [1.54, 1.807) is 25.4 Å². The molecule has 0 bridgehead atoms. The van der Waals surface area contributed by atoms with Crippen LogP contribution in [-0.4, -0.2) is 11.0 Å². The molecule has 12 heavy (non-hydrogen) atoms. The van der Waals surface area contributed by atoms with E-state index in [4.69, 9.17) is 4.74 Å². The first kappa shape index (κ1) is 8.71. The van der Waals surface area contributed by atoms with Crippen molar-refractivity contribution in [3.05, 3.63) is 24.0 Å². The predicted molar refractivity (Wildman–Crippen MR) is 44.9 cm³/mol. The Morgan fingerprint density at radius 3 is 3.00 bits per heavy atom. The van der Waals surface area contributed by atoms with Gasteiger partial charge in [-0.05, 0) is 18.6 Å². The summed E-state index contributed by atoms with van der Waals surface area (Å²) in [5.41, 5.74) is 0.923. The number of ether oxygens (including phenoxy) is 1. The number of rotatable bonds is 2. The molecule has 1 aromatic rings. The highest BCUT2D eigenvalue weighted by Gasteiger charge is 2.03. The molecule has 0 radical (unpaired) electrons. The highest BCUT2D eigenvalue weighted by molar-refractivity contribution is 5.72. The first-order chi connectivity index (χ1) is 5.74. The number of hydrogen-bond acceptors (Lipinski definition) is 3. The van der Waals surface area contributed by atoms with Gasteiger partial charge in [0.2, 0.25) is 0 Å². The average Bonchev–Trinajstić information content (AvgIpc) is 2.09. The fourth-order valence-electron chi connectivity index (χ4n) is 0.751. The number of esters is 1. The highest BCUT2D eigenvalue weighted by Crippen LogP contribution is 2.14. The quantitative estimate of drug-likeness (QED) is 0.626. The monoisotopic (exact) mass is 165 g/mol. The third-order valence-corrected chi connectivity index (χ3v) is 1.50. The van der Waals surface area contributed by atoms with Gasteiger partial charge in [-0.25, -0.2) is 0 Å². The Kier molecular flexibility index (Phi) is 2.80. The molecule has 0 spiro atoms. The van der Waals surface area contributed by atoms with Gasteiger partial charge in [-0.1, -0.05) is 6.92 Å². The molecule has 0 atom stereocenters. The zero-order chi connectivity index (χ0) is 8.97. The second kappa shape index (κ2) is 3.85. The van der Waals surface area contributed by atoms with Crippen LogP contribution in [0.3, 0.4) is 0 Å². The summed E-state index contributed by atoms with van der Waals surface area (Å²) in [5, 5.41) is 0. The fourth-order valence-corrected chi connectivity index (χ4v) is 0.751. The molecule has 3 nitrogen and oxygen atoms in total. The molecule has 0 aliphatic rings. The Hall–Kier alpha value is -1.38. The average molecular weight is 165 g/mol. The van der Waals surface area contributed by atoms with Gasteiger partial charge in [0.05, 0.1) is 6.20 Å². The second-order valence-corrected chi connectivity index (χ2v) is 2.47. The van der Waals surface area contributed by atoms with Crippen molar-refractivity contribution in [1.29, 1.82) is 0 Å². The van der Waals surface area contributed by atoms with E-state index in [2.05, 4.69) is 4.98 Å². The number of aromatic nitrogens is 1. The van der Waals surface area contributed by atoms with Crippen LogP contribution in [-0.2, 0) is 4.79 Å². The standard InChI is InChI=1S/C9H11NO2/c1-3-9(11)12-8-6-10-5-4-7(8)2/h4-6H,3H2,1-2H3. The molecule has 0 aliphatic heterocycles.